The molecule has 1 N–H and O–H groups in total. The zero-order valence-corrected chi connectivity index (χ0v) is 21.8. The van der Waals surface area contributed by atoms with Crippen molar-refractivity contribution in [2.75, 3.05) is 37.5 Å². The highest BCUT2D eigenvalue weighted by Gasteiger charge is 2.21. The van der Waals surface area contributed by atoms with Crippen molar-refractivity contribution in [3.8, 4) is 16.5 Å². The topological polar surface area (TPSA) is 97.0 Å². The summed E-state index contributed by atoms with van der Waals surface area (Å²) in [6.07, 6.45) is 5.17. The SMILES string of the molecule is CS(=O)c1cc(F)ccc1Cc1cnc(-c2nc3c(Br)cc(N4CCOCC4)cn3c(=O)c2O)s1. The summed E-state index contributed by atoms with van der Waals surface area (Å²) in [5.74, 6) is -0.941. The molecule has 0 saturated carbocycles. The largest absolute Gasteiger partial charge is 0.501 e. The summed E-state index contributed by atoms with van der Waals surface area (Å²) in [7, 11) is -1.35. The number of hydrogen-bond acceptors (Lipinski definition) is 8. The third kappa shape index (κ3) is 4.75. The Balaban J connectivity index is 1.51. The van der Waals surface area contributed by atoms with Gasteiger partial charge in [0.25, 0.3) is 0 Å². The molecule has 1 unspecified atom stereocenters. The summed E-state index contributed by atoms with van der Waals surface area (Å²) in [6.45, 7) is 2.61. The number of rotatable bonds is 5. The number of anilines is 1. The molecule has 12 heteroatoms. The molecule has 0 aliphatic carbocycles. The summed E-state index contributed by atoms with van der Waals surface area (Å²) in [6, 6.07) is 6.09. The molecule has 182 valence electrons. The van der Waals surface area contributed by atoms with Crippen molar-refractivity contribution < 1.29 is 18.4 Å². The van der Waals surface area contributed by atoms with Crippen LogP contribution in [0.3, 0.4) is 0 Å². The van der Waals surface area contributed by atoms with E-state index in [0.717, 1.165) is 16.1 Å². The third-order valence-corrected chi connectivity index (χ3v) is 8.26. The molecule has 0 radical (unpaired) electrons. The van der Waals surface area contributed by atoms with Gasteiger partial charge in [-0.25, -0.2) is 14.4 Å². The smallest absolute Gasteiger partial charge is 0.300 e. The Morgan fingerprint density at radius 2 is 2.06 bits per heavy atom. The highest BCUT2D eigenvalue weighted by molar-refractivity contribution is 9.10. The second kappa shape index (κ2) is 9.76. The van der Waals surface area contributed by atoms with Gasteiger partial charge in [-0.1, -0.05) is 6.07 Å². The first kappa shape index (κ1) is 24.0. The lowest BCUT2D eigenvalue weighted by Crippen LogP contribution is -2.36. The molecule has 35 heavy (non-hydrogen) atoms. The number of fused-ring (bicyclic) bond motifs is 1. The maximum Gasteiger partial charge on any atom is 0.300 e. The molecule has 4 heterocycles. The van der Waals surface area contributed by atoms with Gasteiger partial charge in [0.15, 0.2) is 5.65 Å². The van der Waals surface area contributed by atoms with Crippen molar-refractivity contribution in [3.05, 3.63) is 67.7 Å². The minimum atomic E-state index is -1.35. The molecule has 4 aromatic rings. The Morgan fingerprint density at radius 1 is 1.29 bits per heavy atom. The van der Waals surface area contributed by atoms with E-state index in [4.69, 9.17) is 4.74 Å². The lowest BCUT2D eigenvalue weighted by Gasteiger charge is -2.29. The van der Waals surface area contributed by atoms with Gasteiger partial charge in [-0.05, 0) is 39.7 Å². The van der Waals surface area contributed by atoms with E-state index >= 15 is 0 Å². The number of aromatic nitrogens is 3. The molecule has 8 nitrogen and oxygen atoms in total. The number of aromatic hydroxyl groups is 1. The second-order valence-electron chi connectivity index (χ2n) is 7.97. The van der Waals surface area contributed by atoms with Crippen LogP contribution in [0.15, 0.2) is 50.8 Å². The number of benzene rings is 1. The van der Waals surface area contributed by atoms with Crippen LogP contribution in [-0.4, -0.2) is 56.2 Å². The van der Waals surface area contributed by atoms with Crippen LogP contribution in [0.4, 0.5) is 10.1 Å². The van der Waals surface area contributed by atoms with Crippen molar-refractivity contribution in [1.82, 2.24) is 14.4 Å². The summed E-state index contributed by atoms with van der Waals surface area (Å²) in [5.41, 5.74) is 1.39. The summed E-state index contributed by atoms with van der Waals surface area (Å²) in [5, 5.41) is 11.1. The zero-order chi connectivity index (χ0) is 24.7. The quantitative estimate of drug-likeness (QED) is 0.386. The Bertz CT molecular complexity index is 1520. The monoisotopic (exact) mass is 578 g/mol. The molecule has 0 spiro atoms. The van der Waals surface area contributed by atoms with E-state index in [1.807, 2.05) is 6.07 Å². The Kier molecular flexibility index (Phi) is 6.71. The van der Waals surface area contributed by atoms with Crippen LogP contribution in [0.25, 0.3) is 16.3 Å². The summed E-state index contributed by atoms with van der Waals surface area (Å²) in [4.78, 5) is 25.3. The van der Waals surface area contributed by atoms with Gasteiger partial charge in [0.05, 0.1) is 34.2 Å². The second-order valence-corrected chi connectivity index (χ2v) is 11.3. The Hall–Kier alpha value is -2.67. The van der Waals surface area contributed by atoms with Gasteiger partial charge in [-0.2, -0.15) is 0 Å². The fraction of sp³-hybridized carbons (Fsp3) is 0.261. The molecule has 3 aromatic heterocycles. The van der Waals surface area contributed by atoms with Gasteiger partial charge in [0, 0.05) is 47.9 Å². The van der Waals surface area contributed by atoms with Crippen LogP contribution in [0.2, 0.25) is 0 Å². The van der Waals surface area contributed by atoms with Gasteiger partial charge in [-0.3, -0.25) is 13.4 Å². The van der Waals surface area contributed by atoms with Gasteiger partial charge in [0.2, 0.25) is 5.75 Å². The van der Waals surface area contributed by atoms with Crippen LogP contribution in [0.1, 0.15) is 10.4 Å². The Morgan fingerprint density at radius 3 is 2.80 bits per heavy atom. The molecule has 1 atom stereocenters. The van der Waals surface area contributed by atoms with Crippen molar-refractivity contribution in [3.63, 3.8) is 0 Å². The minimum Gasteiger partial charge on any atom is -0.501 e. The van der Waals surface area contributed by atoms with Crippen LogP contribution >= 0.6 is 27.3 Å². The number of morpholine rings is 1. The van der Waals surface area contributed by atoms with Gasteiger partial charge in [0.1, 0.15) is 16.5 Å². The van der Waals surface area contributed by atoms with E-state index in [1.165, 1.54) is 34.1 Å². The van der Waals surface area contributed by atoms with E-state index in [-0.39, 0.29) is 5.69 Å². The molecule has 1 aromatic carbocycles. The highest BCUT2D eigenvalue weighted by Crippen LogP contribution is 2.33. The molecule has 0 bridgehead atoms. The van der Waals surface area contributed by atoms with Crippen molar-refractivity contribution in [1.29, 1.82) is 0 Å². The van der Waals surface area contributed by atoms with Crippen LogP contribution in [-0.2, 0) is 22.0 Å². The molecule has 1 saturated heterocycles. The molecule has 1 fully saturated rings. The number of nitrogens with zero attached hydrogens (tertiary/aromatic N) is 4. The minimum absolute atomic E-state index is 0.0875. The first-order valence-electron chi connectivity index (χ1n) is 10.7. The molecule has 0 amide bonds. The lowest BCUT2D eigenvalue weighted by molar-refractivity contribution is 0.122. The Labute approximate surface area is 214 Å². The normalized spacial score (nSPS) is 15.0. The van der Waals surface area contributed by atoms with E-state index in [9.17, 15) is 18.5 Å². The molecular formula is C23H20BrFN4O4S2. The van der Waals surface area contributed by atoms with Crippen molar-refractivity contribution in [2.24, 2.45) is 0 Å². The van der Waals surface area contributed by atoms with Gasteiger partial charge < -0.3 is 14.7 Å². The van der Waals surface area contributed by atoms with Crippen LogP contribution in [0.5, 0.6) is 5.75 Å². The van der Waals surface area contributed by atoms with Gasteiger partial charge in [-0.15, -0.1) is 11.3 Å². The average molecular weight is 579 g/mol. The number of halogens is 2. The standard InChI is InChI=1S/C23H20BrFN4O4S2/c1-35(32)18-9-14(25)3-2-13(18)8-16-11-26-22(34-16)19-20(30)23(31)29-12-15(10-17(24)21(29)27-19)28-4-6-33-7-5-28/h2-3,9-12,30H,4-8H2,1H3. The first-order chi connectivity index (χ1) is 16.8. The number of thiazole rings is 1. The fourth-order valence-electron chi connectivity index (χ4n) is 3.95. The summed E-state index contributed by atoms with van der Waals surface area (Å²) >= 11 is 4.78. The molecule has 5 rings (SSSR count). The third-order valence-electron chi connectivity index (χ3n) is 5.68. The zero-order valence-electron chi connectivity index (χ0n) is 18.5. The fourth-order valence-corrected chi connectivity index (χ4v) is 6.18. The number of pyridine rings is 1. The van der Waals surface area contributed by atoms with Crippen LogP contribution < -0.4 is 10.5 Å². The van der Waals surface area contributed by atoms with Crippen molar-refractivity contribution in [2.45, 2.75) is 11.3 Å². The van der Waals surface area contributed by atoms with Crippen molar-refractivity contribution >= 4 is 49.4 Å². The van der Waals surface area contributed by atoms with Gasteiger partial charge >= 0.3 is 5.56 Å². The first-order valence-corrected chi connectivity index (χ1v) is 13.8. The predicted molar refractivity (Wildman–Crippen MR) is 137 cm³/mol. The summed E-state index contributed by atoms with van der Waals surface area (Å²) < 4.78 is 33.0. The molecule has 1 aliphatic rings. The number of hydrogen-bond donors (Lipinski definition) is 1. The van der Waals surface area contributed by atoms with E-state index in [1.54, 1.807) is 18.5 Å². The van der Waals surface area contributed by atoms with Crippen LogP contribution in [0, 0.1) is 5.82 Å². The highest BCUT2D eigenvalue weighted by atomic mass is 79.9. The lowest BCUT2D eigenvalue weighted by atomic mass is 10.1. The molecular weight excluding hydrogens is 559 g/mol. The maximum absolute atomic E-state index is 13.6. The van der Waals surface area contributed by atoms with E-state index in [2.05, 4.69) is 30.8 Å². The van der Waals surface area contributed by atoms with E-state index in [0.29, 0.717) is 52.7 Å². The maximum atomic E-state index is 13.6. The van der Waals surface area contributed by atoms with E-state index < -0.39 is 27.9 Å². The average Bonchev–Trinajstić information content (AvgIpc) is 3.31. The number of ether oxygens (including phenoxy) is 1. The molecule has 1 aliphatic heterocycles. The predicted octanol–water partition coefficient (Wildman–Crippen LogP) is 3.59.